The van der Waals surface area contributed by atoms with Crippen molar-refractivity contribution >= 4 is 11.9 Å². The molecule has 0 aliphatic rings. The summed E-state index contributed by atoms with van der Waals surface area (Å²) in [5, 5.41) is 0. The predicted octanol–water partition coefficient (Wildman–Crippen LogP) is 13.9. The molecule has 5 heteroatoms. The fourth-order valence-electron chi connectivity index (χ4n) is 6.80. The molecular formula is C45H87NO4. The van der Waals surface area contributed by atoms with Gasteiger partial charge in [0.05, 0.1) is 6.61 Å². The van der Waals surface area contributed by atoms with Crippen LogP contribution in [0.5, 0.6) is 0 Å². The molecule has 0 N–H and O–H groups in total. The summed E-state index contributed by atoms with van der Waals surface area (Å²) in [6.45, 7) is 12.8. The lowest BCUT2D eigenvalue weighted by Crippen LogP contribution is -2.27. The van der Waals surface area contributed by atoms with Crippen molar-refractivity contribution in [2.45, 2.75) is 239 Å². The molecule has 0 heterocycles. The van der Waals surface area contributed by atoms with E-state index in [-0.39, 0.29) is 18.0 Å². The van der Waals surface area contributed by atoms with Crippen LogP contribution in [0, 0.1) is 0 Å². The molecule has 296 valence electrons. The van der Waals surface area contributed by atoms with Gasteiger partial charge in [-0.1, -0.05) is 161 Å². The number of nitrogens with zero attached hydrogens (tertiary/aromatic N) is 1. The first-order chi connectivity index (χ1) is 24.6. The molecule has 0 radical (unpaired) electrons. The van der Waals surface area contributed by atoms with Gasteiger partial charge < -0.3 is 14.4 Å². The highest BCUT2D eigenvalue weighted by molar-refractivity contribution is 5.69. The molecule has 0 unspecified atom stereocenters. The third-order valence-electron chi connectivity index (χ3n) is 10.1. The van der Waals surface area contributed by atoms with Gasteiger partial charge in [-0.25, -0.2) is 0 Å². The van der Waals surface area contributed by atoms with Crippen LogP contribution in [0.4, 0.5) is 0 Å². The summed E-state index contributed by atoms with van der Waals surface area (Å²) in [4.78, 5) is 27.5. The first kappa shape index (κ1) is 48.6. The Bertz CT molecular complexity index is 723. The summed E-state index contributed by atoms with van der Waals surface area (Å²) in [6, 6.07) is 0. The fraction of sp³-hybridized carbons (Fsp3) is 0.911. The molecule has 50 heavy (non-hydrogen) atoms. The van der Waals surface area contributed by atoms with Gasteiger partial charge in [-0.15, -0.1) is 0 Å². The van der Waals surface area contributed by atoms with Crippen LogP contribution in [0.1, 0.15) is 233 Å². The second kappa shape index (κ2) is 40.4. The Balaban J connectivity index is 4.19. The van der Waals surface area contributed by atoms with Crippen LogP contribution in [-0.4, -0.2) is 49.2 Å². The number of allylic oxidation sites excluding steroid dienone is 1. The molecule has 0 spiro atoms. The van der Waals surface area contributed by atoms with E-state index in [1.54, 1.807) is 0 Å². The molecular weight excluding hydrogens is 618 g/mol. The Morgan fingerprint density at radius 1 is 0.500 bits per heavy atom. The smallest absolute Gasteiger partial charge is 0.306 e. The maximum Gasteiger partial charge on any atom is 0.306 e. The van der Waals surface area contributed by atoms with Gasteiger partial charge in [0.15, 0.2) is 0 Å². The number of rotatable bonds is 40. The van der Waals surface area contributed by atoms with E-state index in [1.165, 1.54) is 135 Å². The van der Waals surface area contributed by atoms with Gasteiger partial charge in [0, 0.05) is 19.4 Å². The average molecular weight is 706 g/mol. The highest BCUT2D eigenvalue weighted by Crippen LogP contribution is 2.18. The second-order valence-electron chi connectivity index (χ2n) is 15.1. The van der Waals surface area contributed by atoms with Gasteiger partial charge in [-0.2, -0.15) is 0 Å². The minimum absolute atomic E-state index is 0.0134. The first-order valence-electron chi connectivity index (χ1n) is 22.3. The lowest BCUT2D eigenvalue weighted by atomic mass is 10.0. The number of unbranched alkanes of at least 4 members (excludes halogenated alkanes) is 22. The third-order valence-corrected chi connectivity index (χ3v) is 10.1. The molecule has 0 rings (SSSR count). The third kappa shape index (κ3) is 36.4. The predicted molar refractivity (Wildman–Crippen MR) is 217 cm³/mol. The number of esters is 2. The zero-order chi connectivity index (χ0) is 36.6. The quantitative estimate of drug-likeness (QED) is 0.0361. The lowest BCUT2D eigenvalue weighted by Gasteiger charge is -2.22. The molecule has 0 aromatic heterocycles. The molecule has 5 nitrogen and oxygen atoms in total. The molecule has 0 atom stereocenters. The van der Waals surface area contributed by atoms with Crippen molar-refractivity contribution in [3.8, 4) is 0 Å². The van der Waals surface area contributed by atoms with Gasteiger partial charge in [0.1, 0.15) is 6.10 Å². The Morgan fingerprint density at radius 2 is 0.920 bits per heavy atom. The van der Waals surface area contributed by atoms with Crippen molar-refractivity contribution in [3.63, 3.8) is 0 Å². The monoisotopic (exact) mass is 706 g/mol. The van der Waals surface area contributed by atoms with Crippen molar-refractivity contribution in [2.24, 2.45) is 0 Å². The molecule has 0 aliphatic heterocycles. The van der Waals surface area contributed by atoms with Gasteiger partial charge in [-0.3, -0.25) is 9.59 Å². The molecule has 0 bridgehead atoms. The van der Waals surface area contributed by atoms with Crippen LogP contribution in [0.3, 0.4) is 0 Å². The van der Waals surface area contributed by atoms with E-state index < -0.39 is 0 Å². The van der Waals surface area contributed by atoms with E-state index in [2.05, 4.69) is 44.7 Å². The van der Waals surface area contributed by atoms with Gasteiger partial charge in [0.25, 0.3) is 0 Å². The number of hydrogen-bond donors (Lipinski definition) is 0. The van der Waals surface area contributed by atoms with Crippen LogP contribution in [-0.2, 0) is 19.1 Å². The zero-order valence-electron chi connectivity index (χ0n) is 34.3. The van der Waals surface area contributed by atoms with E-state index in [4.69, 9.17) is 9.47 Å². The summed E-state index contributed by atoms with van der Waals surface area (Å²) in [5.41, 5.74) is 0. The Hall–Kier alpha value is -1.36. The van der Waals surface area contributed by atoms with E-state index in [0.29, 0.717) is 19.4 Å². The standard InChI is InChI=1S/C45H87NO4/c1-5-9-13-16-19-25-34-42-49-44(47)37-29-23-20-24-32-40-46(39-31-12-8-4)41-33-26-30-38-45(48)50-43(35-27-21-17-14-10-6-2)36-28-22-18-15-11-7-3/h8,12,43H,5-7,9-11,13-42H2,1-4H3/b12-8-. The normalized spacial score (nSPS) is 11.7. The van der Waals surface area contributed by atoms with E-state index in [9.17, 15) is 9.59 Å². The summed E-state index contributed by atoms with van der Waals surface area (Å²) < 4.78 is 11.5. The van der Waals surface area contributed by atoms with E-state index in [1.807, 2.05) is 0 Å². The van der Waals surface area contributed by atoms with Crippen LogP contribution < -0.4 is 0 Å². The Labute approximate surface area is 312 Å². The highest BCUT2D eigenvalue weighted by Gasteiger charge is 2.14. The highest BCUT2D eigenvalue weighted by atomic mass is 16.5. The van der Waals surface area contributed by atoms with Crippen LogP contribution in [0.25, 0.3) is 0 Å². The van der Waals surface area contributed by atoms with Crippen LogP contribution >= 0.6 is 0 Å². The number of carbonyl (C=O) groups excluding carboxylic acids is 2. The summed E-state index contributed by atoms with van der Waals surface area (Å²) in [5.74, 6) is 0.0129. The van der Waals surface area contributed by atoms with Crippen molar-refractivity contribution < 1.29 is 19.1 Å². The van der Waals surface area contributed by atoms with Gasteiger partial charge in [0.2, 0.25) is 0 Å². The minimum atomic E-state index is -0.0134. The van der Waals surface area contributed by atoms with Crippen LogP contribution in [0.15, 0.2) is 12.2 Å². The van der Waals surface area contributed by atoms with Crippen molar-refractivity contribution in [1.29, 1.82) is 0 Å². The van der Waals surface area contributed by atoms with Crippen molar-refractivity contribution in [1.82, 2.24) is 4.90 Å². The molecule has 0 aliphatic carbocycles. The molecule has 0 aromatic rings. The molecule has 0 saturated heterocycles. The second-order valence-corrected chi connectivity index (χ2v) is 15.1. The Morgan fingerprint density at radius 3 is 1.44 bits per heavy atom. The molecule has 0 amide bonds. The van der Waals surface area contributed by atoms with Crippen molar-refractivity contribution in [3.05, 3.63) is 12.2 Å². The van der Waals surface area contributed by atoms with Gasteiger partial charge >= 0.3 is 11.9 Å². The van der Waals surface area contributed by atoms with Gasteiger partial charge in [-0.05, 0) is 84.2 Å². The minimum Gasteiger partial charge on any atom is -0.466 e. The topological polar surface area (TPSA) is 55.8 Å². The Kier molecular flexibility index (Phi) is 39.3. The largest absolute Gasteiger partial charge is 0.466 e. The maximum absolute atomic E-state index is 12.8. The van der Waals surface area contributed by atoms with Crippen molar-refractivity contribution in [2.75, 3.05) is 26.2 Å². The fourth-order valence-corrected chi connectivity index (χ4v) is 6.80. The van der Waals surface area contributed by atoms with E-state index in [0.717, 1.165) is 77.4 Å². The molecule has 0 saturated carbocycles. The molecule has 0 aromatic carbocycles. The zero-order valence-corrected chi connectivity index (χ0v) is 34.3. The summed E-state index contributed by atoms with van der Waals surface area (Å²) in [6.07, 6.45) is 41.9. The number of hydrogen-bond acceptors (Lipinski definition) is 5. The summed E-state index contributed by atoms with van der Waals surface area (Å²) in [7, 11) is 0. The van der Waals surface area contributed by atoms with E-state index >= 15 is 0 Å². The summed E-state index contributed by atoms with van der Waals surface area (Å²) >= 11 is 0. The number of carbonyl (C=O) groups is 2. The maximum atomic E-state index is 12.8. The van der Waals surface area contributed by atoms with Crippen LogP contribution in [0.2, 0.25) is 0 Å². The lowest BCUT2D eigenvalue weighted by molar-refractivity contribution is -0.150. The molecule has 0 fully saturated rings. The first-order valence-corrected chi connectivity index (χ1v) is 22.3. The average Bonchev–Trinajstić information content (AvgIpc) is 3.11. The SMILES string of the molecule is C/C=C\CCN(CCCCCCCC(=O)OCCCCCCCCC)CCCCCC(=O)OC(CCCCCCCC)CCCCCCCC. The number of ether oxygens (including phenoxy) is 2.